The van der Waals surface area contributed by atoms with Gasteiger partial charge in [-0.1, -0.05) is 31.7 Å². The normalized spacial score (nSPS) is 20.1. The van der Waals surface area contributed by atoms with Gasteiger partial charge in [0.1, 0.15) is 0 Å². The second-order valence-electron chi connectivity index (χ2n) is 7.14. The topological polar surface area (TPSA) is 96.0 Å². The Labute approximate surface area is 166 Å². The first-order valence-corrected chi connectivity index (χ1v) is 10.6. The third-order valence-corrected chi connectivity index (χ3v) is 6.23. The lowest BCUT2D eigenvalue weighted by Gasteiger charge is -2.40. The maximum atomic E-state index is 11.7. The van der Waals surface area contributed by atoms with Crippen molar-refractivity contribution in [1.82, 2.24) is 0 Å². The number of nitrogens with zero attached hydrogens (tertiary/aromatic N) is 1. The molecule has 0 amide bonds. The summed E-state index contributed by atoms with van der Waals surface area (Å²) in [6.07, 6.45) is 3.27. The predicted octanol–water partition coefficient (Wildman–Crippen LogP) is 3.08. The summed E-state index contributed by atoms with van der Waals surface area (Å²) in [6, 6.07) is 6.00. The van der Waals surface area contributed by atoms with E-state index in [1.54, 1.807) is 0 Å². The fourth-order valence-corrected chi connectivity index (χ4v) is 4.73. The van der Waals surface area contributed by atoms with Crippen molar-refractivity contribution in [1.29, 1.82) is 0 Å². The lowest BCUT2D eigenvalue weighted by molar-refractivity contribution is -0.141. The van der Waals surface area contributed by atoms with Gasteiger partial charge in [0.2, 0.25) is 5.12 Å². The highest BCUT2D eigenvalue weighted by molar-refractivity contribution is 8.00. The Balaban J connectivity index is 2.25. The molecule has 4 N–H and O–H groups in total. The maximum Gasteiger partial charge on any atom is 0.306 e. The van der Waals surface area contributed by atoms with Crippen LogP contribution in [0.25, 0.3) is 0 Å². The van der Waals surface area contributed by atoms with Crippen LogP contribution in [0.4, 0.5) is 11.4 Å². The van der Waals surface area contributed by atoms with Crippen LogP contribution >= 0.6 is 11.8 Å². The fraction of sp³-hybridized carbons (Fsp3) is 0.650. The number of nitrogens with two attached hydrogens (primary N) is 1. The number of hydrogen-bond acceptors (Lipinski definition) is 7. The van der Waals surface area contributed by atoms with Crippen LogP contribution in [0.5, 0.6) is 0 Å². The van der Waals surface area contributed by atoms with E-state index in [1.165, 1.54) is 18.9 Å². The smallest absolute Gasteiger partial charge is 0.306 e. The number of rotatable bonds is 8. The van der Waals surface area contributed by atoms with Crippen LogP contribution in [0.2, 0.25) is 0 Å². The Morgan fingerprint density at radius 2 is 2.19 bits per heavy atom. The number of nitrogen functional groups attached to an aromatic ring is 1. The molecule has 0 spiro atoms. The summed E-state index contributed by atoms with van der Waals surface area (Å²) in [5.41, 5.74) is 9.00. The van der Waals surface area contributed by atoms with Crippen LogP contribution in [0.15, 0.2) is 18.2 Å². The number of carbonyl (C=O) groups excluding carboxylic acids is 1. The number of ether oxygens (including phenoxy) is 1. The molecule has 2 atom stereocenters. The first-order valence-electron chi connectivity index (χ1n) is 9.62. The molecule has 0 bridgehead atoms. The van der Waals surface area contributed by atoms with Crippen LogP contribution in [0.1, 0.15) is 57.4 Å². The number of carbonyl (C=O) groups is 1. The van der Waals surface area contributed by atoms with E-state index in [0.29, 0.717) is 24.3 Å². The van der Waals surface area contributed by atoms with E-state index < -0.39 is 5.12 Å². The number of hydrogen-bond donors (Lipinski definition) is 3. The number of aliphatic hydroxyl groups is 2. The maximum absolute atomic E-state index is 11.7. The van der Waals surface area contributed by atoms with Crippen LogP contribution in [-0.2, 0) is 9.53 Å². The van der Waals surface area contributed by atoms with Crippen molar-refractivity contribution in [2.75, 3.05) is 30.0 Å². The minimum Gasteiger partial charge on any atom is -0.469 e. The molecular formula is C20H32N2O4S. The number of methoxy groups -OCH3 is 1. The Kier molecular flexibility index (Phi) is 7.82. The van der Waals surface area contributed by atoms with Crippen molar-refractivity contribution in [3.63, 3.8) is 0 Å². The molecule has 27 heavy (non-hydrogen) atoms. The Morgan fingerprint density at radius 3 is 2.74 bits per heavy atom. The summed E-state index contributed by atoms with van der Waals surface area (Å²) in [4.78, 5) is 13.9. The van der Waals surface area contributed by atoms with E-state index in [0.717, 1.165) is 37.1 Å². The summed E-state index contributed by atoms with van der Waals surface area (Å²) < 4.78 is 4.80. The van der Waals surface area contributed by atoms with E-state index in [1.807, 2.05) is 25.1 Å². The first kappa shape index (κ1) is 21.9. The Morgan fingerprint density at radius 1 is 1.44 bits per heavy atom. The molecule has 0 radical (unpaired) electrons. The predicted molar refractivity (Wildman–Crippen MR) is 111 cm³/mol. The summed E-state index contributed by atoms with van der Waals surface area (Å²) >= 11 is 1.19. The van der Waals surface area contributed by atoms with Crippen molar-refractivity contribution < 1.29 is 19.7 Å². The summed E-state index contributed by atoms with van der Waals surface area (Å²) in [6.45, 7) is 4.95. The van der Waals surface area contributed by atoms with Gasteiger partial charge in [-0.2, -0.15) is 0 Å². The third kappa shape index (κ3) is 5.77. The third-order valence-electron chi connectivity index (χ3n) is 5.16. The molecule has 1 aromatic rings. The Hall–Kier alpha value is -1.44. The van der Waals surface area contributed by atoms with Crippen molar-refractivity contribution in [2.45, 2.75) is 63.0 Å². The van der Waals surface area contributed by atoms with Gasteiger partial charge in [0, 0.05) is 24.8 Å². The summed E-state index contributed by atoms with van der Waals surface area (Å²) in [5, 5.41) is 18.4. The van der Waals surface area contributed by atoms with Crippen LogP contribution < -0.4 is 10.6 Å². The molecule has 0 aliphatic carbocycles. The van der Waals surface area contributed by atoms with Crippen molar-refractivity contribution in [2.24, 2.45) is 0 Å². The zero-order chi connectivity index (χ0) is 20.0. The lowest BCUT2D eigenvalue weighted by atomic mass is 9.92. The monoisotopic (exact) mass is 396 g/mol. The molecule has 7 heteroatoms. The first-order chi connectivity index (χ1) is 12.8. The molecule has 6 nitrogen and oxygen atoms in total. The van der Waals surface area contributed by atoms with Gasteiger partial charge in [-0.15, -0.1) is 0 Å². The fourth-order valence-electron chi connectivity index (χ4n) is 3.70. The van der Waals surface area contributed by atoms with Crippen molar-refractivity contribution >= 4 is 29.1 Å². The molecule has 1 aliphatic rings. The second-order valence-corrected chi connectivity index (χ2v) is 8.49. The highest BCUT2D eigenvalue weighted by Gasteiger charge is 2.36. The molecule has 1 fully saturated rings. The standard InChI is InChI=1S/C20H32N2O4S/c1-4-9-22(16-8-10-27-20(24,25)13-16)18-7-6-15(11-17(18)21)14(5-2)12-19(23)26-3/h6-7,11,14,16,24-25H,4-5,8-10,12-13,21H2,1-3H3. The van der Waals surface area contributed by atoms with Gasteiger partial charge < -0.3 is 25.6 Å². The van der Waals surface area contributed by atoms with Crippen LogP contribution in [-0.4, -0.2) is 46.8 Å². The van der Waals surface area contributed by atoms with E-state index in [-0.39, 0.29) is 17.9 Å². The van der Waals surface area contributed by atoms with Gasteiger partial charge >= 0.3 is 5.97 Å². The zero-order valence-corrected chi connectivity index (χ0v) is 17.3. The molecule has 1 aromatic carbocycles. The van der Waals surface area contributed by atoms with Gasteiger partial charge in [0.25, 0.3) is 0 Å². The molecule has 0 saturated carbocycles. The molecule has 2 rings (SSSR count). The molecule has 152 valence electrons. The van der Waals surface area contributed by atoms with E-state index in [9.17, 15) is 15.0 Å². The molecule has 1 saturated heterocycles. The molecular weight excluding hydrogens is 364 g/mol. The van der Waals surface area contributed by atoms with E-state index in [2.05, 4.69) is 11.8 Å². The molecule has 0 aromatic heterocycles. The van der Waals surface area contributed by atoms with Gasteiger partial charge in [-0.05, 0) is 42.9 Å². The molecule has 1 heterocycles. The van der Waals surface area contributed by atoms with Crippen molar-refractivity contribution in [3.8, 4) is 0 Å². The van der Waals surface area contributed by atoms with Crippen LogP contribution in [0.3, 0.4) is 0 Å². The minimum atomic E-state index is -1.68. The van der Waals surface area contributed by atoms with Gasteiger partial charge in [-0.25, -0.2) is 0 Å². The van der Waals surface area contributed by atoms with Crippen molar-refractivity contribution in [3.05, 3.63) is 23.8 Å². The second kappa shape index (κ2) is 9.66. The lowest BCUT2D eigenvalue weighted by Crippen LogP contribution is -2.45. The highest BCUT2D eigenvalue weighted by atomic mass is 32.2. The van der Waals surface area contributed by atoms with Crippen LogP contribution in [0, 0.1) is 0 Å². The summed E-state index contributed by atoms with van der Waals surface area (Å²) in [5.74, 6) is 0.550. The quantitative estimate of drug-likeness (QED) is 0.353. The Bertz CT molecular complexity index is 638. The van der Waals surface area contributed by atoms with E-state index in [4.69, 9.17) is 10.5 Å². The van der Waals surface area contributed by atoms with Gasteiger partial charge in [0.05, 0.1) is 24.9 Å². The number of benzene rings is 1. The zero-order valence-electron chi connectivity index (χ0n) is 16.5. The minimum absolute atomic E-state index is 0.0337. The number of thioether (sulfide) groups is 1. The average Bonchev–Trinajstić information content (AvgIpc) is 2.63. The van der Waals surface area contributed by atoms with E-state index >= 15 is 0 Å². The molecule has 1 aliphatic heterocycles. The van der Waals surface area contributed by atoms with Gasteiger partial charge in [0.15, 0.2) is 0 Å². The number of anilines is 2. The average molecular weight is 397 g/mol. The SMILES string of the molecule is CCCN(c1ccc(C(CC)CC(=O)OC)cc1N)C1CCSC(O)(O)C1. The van der Waals surface area contributed by atoms with Gasteiger partial charge in [-0.3, -0.25) is 4.79 Å². The highest BCUT2D eigenvalue weighted by Crippen LogP contribution is 2.38. The summed E-state index contributed by atoms with van der Waals surface area (Å²) in [7, 11) is 1.40. The number of esters is 1. The largest absolute Gasteiger partial charge is 0.469 e. The molecule has 2 unspecified atom stereocenters.